The molecule has 4 rings (SSSR count). The van der Waals surface area contributed by atoms with Crippen LogP contribution in [0.25, 0.3) is 0 Å². The Kier molecular flexibility index (Phi) is 5.95. The van der Waals surface area contributed by atoms with E-state index in [1.807, 2.05) is 11.9 Å². The van der Waals surface area contributed by atoms with Gasteiger partial charge in [0.15, 0.2) is 0 Å². The van der Waals surface area contributed by atoms with Crippen molar-refractivity contribution in [2.75, 3.05) is 20.2 Å². The number of hydroxylamine groups is 1. The fourth-order valence-electron chi connectivity index (χ4n) is 5.99. The maximum Gasteiger partial charge on any atom is 0.225 e. The molecule has 3 N–H and O–H groups in total. The van der Waals surface area contributed by atoms with E-state index in [9.17, 15) is 9.59 Å². The number of hydrogen-bond donors (Lipinski definition) is 3. The smallest absolute Gasteiger partial charge is 0.225 e. The van der Waals surface area contributed by atoms with Crippen LogP contribution in [0.5, 0.6) is 0 Å². The molecule has 0 spiro atoms. The highest BCUT2D eigenvalue weighted by atomic mass is 16.7. The van der Waals surface area contributed by atoms with Crippen molar-refractivity contribution in [2.24, 2.45) is 29.6 Å². The van der Waals surface area contributed by atoms with Crippen molar-refractivity contribution in [1.29, 1.82) is 0 Å². The second kappa shape index (κ2) is 8.28. The molecule has 0 aromatic rings. The molecule has 7 nitrogen and oxygen atoms in total. The van der Waals surface area contributed by atoms with E-state index in [2.05, 4.69) is 30.0 Å². The number of hydrogen-bond acceptors (Lipinski definition) is 5. The van der Waals surface area contributed by atoms with Gasteiger partial charge in [-0.1, -0.05) is 6.92 Å². The van der Waals surface area contributed by atoms with Crippen LogP contribution in [0, 0.1) is 29.6 Å². The molecule has 3 aliphatic heterocycles. The van der Waals surface area contributed by atoms with Crippen LogP contribution in [0.1, 0.15) is 52.4 Å². The van der Waals surface area contributed by atoms with Crippen LogP contribution < -0.4 is 16.1 Å². The normalized spacial score (nSPS) is 44.2. The van der Waals surface area contributed by atoms with Gasteiger partial charge in [0.25, 0.3) is 0 Å². The van der Waals surface area contributed by atoms with Gasteiger partial charge >= 0.3 is 0 Å². The van der Waals surface area contributed by atoms with Crippen LogP contribution in [-0.4, -0.2) is 55.2 Å². The van der Waals surface area contributed by atoms with Crippen LogP contribution in [0.15, 0.2) is 0 Å². The van der Waals surface area contributed by atoms with Gasteiger partial charge in [-0.3, -0.25) is 14.4 Å². The summed E-state index contributed by atoms with van der Waals surface area (Å²) in [7, 11) is 1.99. The van der Waals surface area contributed by atoms with Gasteiger partial charge in [0.05, 0.1) is 6.61 Å². The quantitative estimate of drug-likeness (QED) is 0.673. The Morgan fingerprint density at radius 1 is 1.18 bits per heavy atom. The van der Waals surface area contributed by atoms with E-state index in [0.29, 0.717) is 42.4 Å². The van der Waals surface area contributed by atoms with E-state index in [0.717, 1.165) is 45.1 Å². The first-order valence-electron chi connectivity index (χ1n) is 11.1. The standard InChI is InChI=1S/C21H36N4O3/c1-12-4-5-14(20(26)23-19-6-7-28-24-19)9-16(12)17-10-15-11-22-13(2)8-18(15)25(3)21(17)27/h12-19,22,24H,4-11H2,1-3H3,(H,23,26). The molecule has 2 amide bonds. The fraction of sp³-hybridized carbons (Fsp3) is 0.905. The first kappa shape index (κ1) is 20.1. The number of fused-ring (bicyclic) bond motifs is 1. The highest BCUT2D eigenvalue weighted by molar-refractivity contribution is 5.81. The molecule has 3 heterocycles. The molecule has 0 aromatic carbocycles. The van der Waals surface area contributed by atoms with Crippen molar-refractivity contribution in [1.82, 2.24) is 21.0 Å². The van der Waals surface area contributed by atoms with Gasteiger partial charge in [-0.25, -0.2) is 0 Å². The second-order valence-corrected chi connectivity index (χ2v) is 9.63. The third-order valence-electron chi connectivity index (χ3n) is 7.78. The average molecular weight is 393 g/mol. The molecule has 158 valence electrons. The van der Waals surface area contributed by atoms with Crippen molar-refractivity contribution in [3.05, 3.63) is 0 Å². The lowest BCUT2D eigenvalue weighted by Gasteiger charge is -2.50. The summed E-state index contributed by atoms with van der Waals surface area (Å²) >= 11 is 0. The van der Waals surface area contributed by atoms with E-state index >= 15 is 0 Å². The Morgan fingerprint density at radius 3 is 2.75 bits per heavy atom. The summed E-state index contributed by atoms with van der Waals surface area (Å²) < 4.78 is 0. The Balaban J connectivity index is 1.43. The molecular weight excluding hydrogens is 356 g/mol. The molecule has 28 heavy (non-hydrogen) atoms. The van der Waals surface area contributed by atoms with E-state index in [1.54, 1.807) is 0 Å². The molecule has 8 unspecified atom stereocenters. The summed E-state index contributed by atoms with van der Waals surface area (Å²) in [4.78, 5) is 33.2. The Morgan fingerprint density at radius 2 is 2.00 bits per heavy atom. The van der Waals surface area contributed by atoms with Crippen LogP contribution in [-0.2, 0) is 14.4 Å². The molecule has 7 heteroatoms. The first-order valence-corrected chi connectivity index (χ1v) is 11.1. The van der Waals surface area contributed by atoms with Crippen molar-refractivity contribution in [3.8, 4) is 0 Å². The number of carbonyl (C=O) groups is 2. The third kappa shape index (κ3) is 3.94. The predicted octanol–water partition coefficient (Wildman–Crippen LogP) is 1.25. The van der Waals surface area contributed by atoms with Crippen LogP contribution in [0.2, 0.25) is 0 Å². The number of piperidine rings is 2. The van der Waals surface area contributed by atoms with E-state index in [1.165, 1.54) is 0 Å². The van der Waals surface area contributed by atoms with Gasteiger partial charge in [-0.05, 0) is 56.8 Å². The molecule has 3 saturated heterocycles. The van der Waals surface area contributed by atoms with Crippen molar-refractivity contribution < 1.29 is 14.4 Å². The Bertz CT molecular complexity index is 594. The number of carbonyl (C=O) groups excluding carboxylic acids is 2. The monoisotopic (exact) mass is 392 g/mol. The summed E-state index contributed by atoms with van der Waals surface area (Å²) in [5.74, 6) is 1.80. The van der Waals surface area contributed by atoms with E-state index in [4.69, 9.17) is 4.84 Å². The summed E-state index contributed by atoms with van der Waals surface area (Å²) in [6, 6.07) is 0.842. The molecule has 4 aliphatic rings. The maximum absolute atomic E-state index is 13.3. The lowest BCUT2D eigenvalue weighted by molar-refractivity contribution is -0.149. The molecule has 4 fully saturated rings. The second-order valence-electron chi connectivity index (χ2n) is 9.63. The third-order valence-corrected chi connectivity index (χ3v) is 7.78. The van der Waals surface area contributed by atoms with Crippen molar-refractivity contribution >= 4 is 11.8 Å². The number of likely N-dealkylation sites (tertiary alicyclic amines) is 1. The Labute approximate surface area is 168 Å². The Hall–Kier alpha value is -1.18. The summed E-state index contributed by atoms with van der Waals surface area (Å²) in [5.41, 5.74) is 2.86. The molecule has 0 radical (unpaired) electrons. The predicted molar refractivity (Wildman–Crippen MR) is 106 cm³/mol. The van der Waals surface area contributed by atoms with Gasteiger partial charge in [-0.15, -0.1) is 0 Å². The van der Waals surface area contributed by atoms with Crippen LogP contribution >= 0.6 is 0 Å². The van der Waals surface area contributed by atoms with Crippen molar-refractivity contribution in [3.63, 3.8) is 0 Å². The minimum Gasteiger partial charge on any atom is -0.342 e. The summed E-state index contributed by atoms with van der Waals surface area (Å²) in [5, 5.41) is 6.67. The number of amides is 2. The molecular formula is C21H36N4O3. The fourth-order valence-corrected chi connectivity index (χ4v) is 5.99. The van der Waals surface area contributed by atoms with Crippen LogP contribution in [0.3, 0.4) is 0 Å². The largest absolute Gasteiger partial charge is 0.342 e. The van der Waals surface area contributed by atoms with Gasteiger partial charge < -0.3 is 15.5 Å². The number of nitrogens with one attached hydrogen (secondary N) is 3. The van der Waals surface area contributed by atoms with Crippen LogP contribution in [0.4, 0.5) is 0 Å². The lowest BCUT2D eigenvalue weighted by atomic mass is 9.64. The minimum atomic E-state index is -0.0798. The molecule has 0 bridgehead atoms. The van der Waals surface area contributed by atoms with Gasteiger partial charge in [0.2, 0.25) is 11.8 Å². The lowest BCUT2D eigenvalue weighted by Crippen LogP contribution is -2.60. The molecule has 1 saturated carbocycles. The SMILES string of the molecule is CC1CC2C(CN1)CC(C1CC(C(=O)NC3CCON3)CCC1C)C(=O)N2C. The summed E-state index contributed by atoms with van der Waals surface area (Å²) in [6.07, 6.45) is 5.50. The molecule has 0 aromatic heterocycles. The molecule has 8 atom stereocenters. The van der Waals surface area contributed by atoms with E-state index in [-0.39, 0.29) is 23.9 Å². The zero-order valence-electron chi connectivity index (χ0n) is 17.4. The number of rotatable bonds is 3. The highest BCUT2D eigenvalue weighted by Gasteiger charge is 2.47. The highest BCUT2D eigenvalue weighted by Crippen LogP contribution is 2.44. The zero-order valence-corrected chi connectivity index (χ0v) is 17.4. The van der Waals surface area contributed by atoms with E-state index < -0.39 is 0 Å². The van der Waals surface area contributed by atoms with Crippen molar-refractivity contribution in [2.45, 2.75) is 70.6 Å². The zero-order chi connectivity index (χ0) is 19.8. The topological polar surface area (TPSA) is 82.7 Å². The number of nitrogens with zero attached hydrogens (tertiary/aromatic N) is 1. The molecule has 1 aliphatic carbocycles. The van der Waals surface area contributed by atoms with Gasteiger partial charge in [0, 0.05) is 43.9 Å². The minimum absolute atomic E-state index is 0.00364. The average Bonchev–Trinajstić information content (AvgIpc) is 3.18. The van der Waals surface area contributed by atoms with Gasteiger partial charge in [0.1, 0.15) is 6.17 Å². The maximum atomic E-state index is 13.3. The summed E-state index contributed by atoms with van der Waals surface area (Å²) in [6.45, 7) is 6.11. The first-order chi connectivity index (χ1) is 13.4. The van der Waals surface area contributed by atoms with Gasteiger partial charge in [-0.2, -0.15) is 5.48 Å².